The van der Waals surface area contributed by atoms with Crippen molar-refractivity contribution in [3.05, 3.63) is 65.0 Å². The summed E-state index contributed by atoms with van der Waals surface area (Å²) in [5.74, 6) is -0.314. The number of hydrogen-bond acceptors (Lipinski definition) is 5. The van der Waals surface area contributed by atoms with Crippen LogP contribution in [-0.4, -0.2) is 31.0 Å². The fourth-order valence-electron chi connectivity index (χ4n) is 2.84. The Bertz CT molecular complexity index is 1070. The Kier molecular flexibility index (Phi) is 6.29. The van der Waals surface area contributed by atoms with Crippen molar-refractivity contribution in [1.29, 1.82) is 0 Å². The summed E-state index contributed by atoms with van der Waals surface area (Å²) in [7, 11) is 0. The van der Waals surface area contributed by atoms with Crippen molar-refractivity contribution in [3.63, 3.8) is 0 Å². The highest BCUT2D eigenvalue weighted by Crippen LogP contribution is 2.29. The number of hydrogen-bond donors (Lipinski definition) is 2. The minimum Gasteiger partial charge on any atom is -0.484 e. The van der Waals surface area contributed by atoms with Crippen molar-refractivity contribution < 1.29 is 18.7 Å². The number of amides is 2. The van der Waals surface area contributed by atoms with E-state index in [4.69, 9.17) is 9.15 Å². The largest absolute Gasteiger partial charge is 0.484 e. The normalized spacial score (nSPS) is 10.7. The van der Waals surface area contributed by atoms with Crippen molar-refractivity contribution in [2.45, 2.75) is 19.9 Å². The molecule has 150 valence electrons. The summed E-state index contributed by atoms with van der Waals surface area (Å²) < 4.78 is 10.8. The summed E-state index contributed by atoms with van der Waals surface area (Å²) in [5, 5.41) is 5.93. The maximum Gasteiger partial charge on any atom is 0.336 e. The van der Waals surface area contributed by atoms with Crippen molar-refractivity contribution in [2.75, 3.05) is 13.2 Å². The van der Waals surface area contributed by atoms with Gasteiger partial charge in [-0.05, 0) is 37.1 Å². The van der Waals surface area contributed by atoms with E-state index in [1.807, 2.05) is 44.2 Å². The monoisotopic (exact) mass is 394 g/mol. The number of fused-ring (bicyclic) bond motifs is 1. The van der Waals surface area contributed by atoms with Crippen molar-refractivity contribution in [2.24, 2.45) is 0 Å². The Morgan fingerprint density at radius 1 is 1.03 bits per heavy atom. The highest BCUT2D eigenvalue weighted by Gasteiger charge is 2.11. The van der Waals surface area contributed by atoms with Crippen LogP contribution in [0.5, 0.6) is 5.75 Å². The van der Waals surface area contributed by atoms with Crippen LogP contribution in [0.3, 0.4) is 0 Å². The van der Waals surface area contributed by atoms with Crippen LogP contribution in [0.25, 0.3) is 22.1 Å². The van der Waals surface area contributed by atoms with Gasteiger partial charge in [-0.3, -0.25) is 9.59 Å². The standard InChI is InChI=1S/C22H22N2O5/c1-14(2)24-20(25)12-23-21(26)13-28-16-8-9-17-18(15-6-4-3-5-7-15)11-22(27)29-19(17)10-16/h3-11,14H,12-13H2,1-2H3,(H,23,26)(H,24,25). The minimum absolute atomic E-state index is 0.00341. The van der Waals surface area contributed by atoms with Gasteiger partial charge in [-0.15, -0.1) is 0 Å². The lowest BCUT2D eigenvalue weighted by molar-refractivity contribution is -0.127. The Morgan fingerprint density at radius 2 is 1.79 bits per heavy atom. The van der Waals surface area contributed by atoms with Crippen LogP contribution in [0.4, 0.5) is 0 Å². The molecule has 0 radical (unpaired) electrons. The van der Waals surface area contributed by atoms with Gasteiger partial charge in [0.2, 0.25) is 5.91 Å². The number of benzene rings is 2. The molecule has 29 heavy (non-hydrogen) atoms. The molecule has 0 fully saturated rings. The van der Waals surface area contributed by atoms with Crippen molar-refractivity contribution in [1.82, 2.24) is 10.6 Å². The van der Waals surface area contributed by atoms with E-state index in [2.05, 4.69) is 10.6 Å². The zero-order valence-electron chi connectivity index (χ0n) is 16.2. The molecular formula is C22H22N2O5. The summed E-state index contributed by atoms with van der Waals surface area (Å²) in [4.78, 5) is 35.4. The smallest absolute Gasteiger partial charge is 0.336 e. The quantitative estimate of drug-likeness (QED) is 0.600. The van der Waals surface area contributed by atoms with E-state index in [1.54, 1.807) is 18.2 Å². The minimum atomic E-state index is -0.470. The Balaban J connectivity index is 1.70. The van der Waals surface area contributed by atoms with E-state index in [0.29, 0.717) is 11.3 Å². The predicted octanol–water partition coefficient (Wildman–Crippen LogP) is 2.48. The van der Waals surface area contributed by atoms with Crippen LogP contribution in [0.1, 0.15) is 13.8 Å². The van der Waals surface area contributed by atoms with Gasteiger partial charge < -0.3 is 19.8 Å². The summed E-state index contributed by atoms with van der Waals surface area (Å²) in [6.07, 6.45) is 0. The zero-order chi connectivity index (χ0) is 20.8. The maximum absolute atomic E-state index is 12.0. The molecule has 7 heteroatoms. The summed E-state index contributed by atoms with van der Waals surface area (Å²) in [6, 6.07) is 16.0. The first-order valence-electron chi connectivity index (χ1n) is 9.24. The molecule has 0 aliphatic heterocycles. The summed E-state index contributed by atoms with van der Waals surface area (Å²) in [6.45, 7) is 3.30. The van der Waals surface area contributed by atoms with E-state index in [0.717, 1.165) is 16.5 Å². The number of nitrogens with one attached hydrogen (secondary N) is 2. The Hall–Kier alpha value is -3.61. The lowest BCUT2D eigenvalue weighted by Gasteiger charge is -2.11. The third-order valence-corrected chi connectivity index (χ3v) is 4.07. The molecule has 0 spiro atoms. The van der Waals surface area contributed by atoms with Crippen LogP contribution in [0.2, 0.25) is 0 Å². The van der Waals surface area contributed by atoms with Gasteiger partial charge in [-0.25, -0.2) is 4.79 Å². The van der Waals surface area contributed by atoms with Gasteiger partial charge in [0.25, 0.3) is 5.91 Å². The Morgan fingerprint density at radius 3 is 2.52 bits per heavy atom. The van der Waals surface area contributed by atoms with Crippen LogP contribution in [0.15, 0.2) is 63.8 Å². The molecule has 3 aromatic rings. The molecule has 3 rings (SSSR count). The van der Waals surface area contributed by atoms with E-state index in [-0.39, 0.29) is 25.1 Å². The second kappa shape index (κ2) is 9.05. The molecule has 1 aromatic heterocycles. The van der Waals surface area contributed by atoms with Gasteiger partial charge in [0.1, 0.15) is 11.3 Å². The molecular weight excluding hydrogens is 372 g/mol. The van der Waals surface area contributed by atoms with Crippen molar-refractivity contribution in [3.8, 4) is 16.9 Å². The fourth-order valence-corrected chi connectivity index (χ4v) is 2.84. The molecule has 7 nitrogen and oxygen atoms in total. The molecule has 0 saturated heterocycles. The Labute approximate surface area is 167 Å². The maximum atomic E-state index is 12.0. The van der Waals surface area contributed by atoms with Gasteiger partial charge in [-0.2, -0.15) is 0 Å². The molecule has 1 heterocycles. The van der Waals surface area contributed by atoms with Gasteiger partial charge >= 0.3 is 5.63 Å². The van der Waals surface area contributed by atoms with Crippen LogP contribution in [-0.2, 0) is 9.59 Å². The van der Waals surface area contributed by atoms with Crippen molar-refractivity contribution >= 4 is 22.8 Å². The predicted molar refractivity (Wildman–Crippen MR) is 110 cm³/mol. The molecule has 2 amide bonds. The van der Waals surface area contributed by atoms with E-state index < -0.39 is 11.5 Å². The van der Waals surface area contributed by atoms with Gasteiger partial charge in [0.05, 0.1) is 6.54 Å². The van der Waals surface area contributed by atoms with Gasteiger partial charge in [0.15, 0.2) is 6.61 Å². The summed E-state index contributed by atoms with van der Waals surface area (Å²) >= 11 is 0. The van der Waals surface area contributed by atoms with Crippen LogP contribution >= 0.6 is 0 Å². The second-order valence-corrected chi connectivity index (χ2v) is 6.79. The van der Waals surface area contributed by atoms with E-state index in [9.17, 15) is 14.4 Å². The number of ether oxygens (including phenoxy) is 1. The number of rotatable bonds is 7. The molecule has 0 saturated carbocycles. The first-order chi connectivity index (χ1) is 13.9. The lowest BCUT2D eigenvalue weighted by atomic mass is 10.0. The highest BCUT2D eigenvalue weighted by molar-refractivity contribution is 5.93. The van der Waals surface area contributed by atoms with Crippen LogP contribution < -0.4 is 21.0 Å². The molecule has 0 atom stereocenters. The van der Waals surface area contributed by atoms with E-state index >= 15 is 0 Å². The average molecular weight is 394 g/mol. The molecule has 0 bridgehead atoms. The second-order valence-electron chi connectivity index (χ2n) is 6.79. The first kappa shape index (κ1) is 20.1. The molecule has 0 aliphatic rings. The fraction of sp³-hybridized carbons (Fsp3) is 0.227. The number of carbonyl (C=O) groups is 2. The molecule has 0 unspecified atom stereocenters. The first-order valence-corrected chi connectivity index (χ1v) is 9.24. The zero-order valence-corrected chi connectivity index (χ0v) is 16.2. The summed E-state index contributed by atoms with van der Waals surface area (Å²) in [5.41, 5.74) is 1.56. The third-order valence-electron chi connectivity index (χ3n) is 4.07. The lowest BCUT2D eigenvalue weighted by Crippen LogP contribution is -2.41. The van der Waals surface area contributed by atoms with Gasteiger partial charge in [0, 0.05) is 23.6 Å². The van der Waals surface area contributed by atoms with Crippen LogP contribution in [0, 0.1) is 0 Å². The molecule has 2 N–H and O–H groups in total. The van der Waals surface area contributed by atoms with E-state index in [1.165, 1.54) is 6.07 Å². The molecule has 2 aromatic carbocycles. The topological polar surface area (TPSA) is 97.6 Å². The highest BCUT2D eigenvalue weighted by atomic mass is 16.5. The number of carbonyl (C=O) groups excluding carboxylic acids is 2. The SMILES string of the molecule is CC(C)NC(=O)CNC(=O)COc1ccc2c(-c3ccccc3)cc(=O)oc2c1. The van der Waals surface area contributed by atoms with Gasteiger partial charge in [-0.1, -0.05) is 30.3 Å². The average Bonchev–Trinajstić information content (AvgIpc) is 2.70. The molecule has 0 aliphatic carbocycles. The third kappa shape index (κ3) is 5.44.